The van der Waals surface area contributed by atoms with Crippen LogP contribution in [0.25, 0.3) is 0 Å². The summed E-state index contributed by atoms with van der Waals surface area (Å²) in [5.41, 5.74) is 4.45. The van der Waals surface area contributed by atoms with Gasteiger partial charge in [0, 0.05) is 0 Å². The quantitative estimate of drug-likeness (QED) is 0.549. The average Bonchev–Trinajstić information content (AvgIpc) is 2.01. The third kappa shape index (κ3) is 5.68. The second kappa shape index (κ2) is 6.01. The Labute approximate surface area is 83.7 Å². The van der Waals surface area contributed by atoms with Crippen molar-refractivity contribution < 1.29 is 0 Å². The van der Waals surface area contributed by atoms with E-state index >= 15 is 0 Å². The molecular formula is C13H24. The van der Waals surface area contributed by atoms with Gasteiger partial charge < -0.3 is 0 Å². The molecule has 0 spiro atoms. The number of allylic oxidation sites excluding steroid dienone is 4. The van der Waals surface area contributed by atoms with E-state index in [0.717, 1.165) is 12.3 Å². The molecule has 0 aromatic rings. The van der Waals surface area contributed by atoms with Crippen LogP contribution in [0.4, 0.5) is 0 Å². The van der Waals surface area contributed by atoms with E-state index in [4.69, 9.17) is 0 Å². The fraction of sp³-hybridized carbons (Fsp3) is 0.692. The molecule has 0 aliphatic heterocycles. The largest absolute Gasteiger partial charge is 0.0728 e. The minimum atomic E-state index is 0.769. The Morgan fingerprint density at radius 2 is 1.69 bits per heavy atom. The lowest BCUT2D eigenvalue weighted by Crippen LogP contribution is -1.89. The molecule has 0 aromatic carbocycles. The highest BCUT2D eigenvalue weighted by atomic mass is 14.0. The van der Waals surface area contributed by atoms with Gasteiger partial charge in [0.2, 0.25) is 0 Å². The summed E-state index contributed by atoms with van der Waals surface area (Å²) in [6, 6.07) is 0. The van der Waals surface area contributed by atoms with Crippen LogP contribution >= 0.6 is 0 Å². The molecule has 0 aliphatic carbocycles. The SMILES string of the molecule is CCC(C)=C(C)C=C(C)CC(C)C. The van der Waals surface area contributed by atoms with E-state index in [1.807, 2.05) is 0 Å². The van der Waals surface area contributed by atoms with Crippen molar-refractivity contribution in [1.29, 1.82) is 0 Å². The summed E-state index contributed by atoms with van der Waals surface area (Å²) in [4.78, 5) is 0. The summed E-state index contributed by atoms with van der Waals surface area (Å²) in [7, 11) is 0. The summed E-state index contributed by atoms with van der Waals surface area (Å²) in [6.07, 6.45) is 4.71. The van der Waals surface area contributed by atoms with Crippen LogP contribution < -0.4 is 0 Å². The maximum atomic E-state index is 2.33. The van der Waals surface area contributed by atoms with Crippen molar-refractivity contribution in [3.8, 4) is 0 Å². The molecular weight excluding hydrogens is 156 g/mol. The lowest BCUT2D eigenvalue weighted by molar-refractivity contribution is 0.642. The Morgan fingerprint density at radius 1 is 1.15 bits per heavy atom. The van der Waals surface area contributed by atoms with E-state index in [1.165, 1.54) is 23.1 Å². The smallest absolute Gasteiger partial charge is 0.0297 e. The van der Waals surface area contributed by atoms with Gasteiger partial charge in [-0.05, 0) is 39.5 Å². The molecule has 0 saturated carbocycles. The molecule has 0 atom stereocenters. The van der Waals surface area contributed by atoms with Crippen LogP contribution in [0, 0.1) is 5.92 Å². The van der Waals surface area contributed by atoms with Crippen molar-refractivity contribution >= 4 is 0 Å². The van der Waals surface area contributed by atoms with Gasteiger partial charge in [-0.15, -0.1) is 0 Å². The van der Waals surface area contributed by atoms with Gasteiger partial charge in [-0.2, -0.15) is 0 Å². The van der Waals surface area contributed by atoms with E-state index in [2.05, 4.69) is 47.6 Å². The summed E-state index contributed by atoms with van der Waals surface area (Å²) < 4.78 is 0. The Kier molecular flexibility index (Phi) is 5.77. The summed E-state index contributed by atoms with van der Waals surface area (Å²) in [6.45, 7) is 13.4. The first-order chi connectivity index (χ1) is 5.97. The second-order valence-corrected chi connectivity index (χ2v) is 4.41. The number of rotatable bonds is 4. The molecule has 0 heterocycles. The lowest BCUT2D eigenvalue weighted by atomic mass is 10.0. The van der Waals surface area contributed by atoms with Crippen molar-refractivity contribution in [1.82, 2.24) is 0 Å². The van der Waals surface area contributed by atoms with E-state index in [0.29, 0.717) is 0 Å². The maximum absolute atomic E-state index is 2.33. The first kappa shape index (κ1) is 12.5. The Bertz CT molecular complexity index is 204. The van der Waals surface area contributed by atoms with Gasteiger partial charge in [0.1, 0.15) is 0 Å². The minimum absolute atomic E-state index is 0.769. The van der Waals surface area contributed by atoms with Crippen molar-refractivity contribution in [3.05, 3.63) is 22.8 Å². The molecule has 0 nitrogen and oxygen atoms in total. The standard InChI is InChI=1S/C13H24/c1-7-12(5)13(6)9-11(4)8-10(2)3/h9-10H,7-8H2,1-6H3. The van der Waals surface area contributed by atoms with Crippen LogP contribution in [0.3, 0.4) is 0 Å². The van der Waals surface area contributed by atoms with Gasteiger partial charge in [0.05, 0.1) is 0 Å². The molecule has 13 heavy (non-hydrogen) atoms. The summed E-state index contributed by atoms with van der Waals surface area (Å²) in [5.74, 6) is 0.769. The molecule has 76 valence electrons. The number of hydrogen-bond donors (Lipinski definition) is 0. The minimum Gasteiger partial charge on any atom is -0.0728 e. The van der Waals surface area contributed by atoms with Gasteiger partial charge >= 0.3 is 0 Å². The third-order valence-corrected chi connectivity index (χ3v) is 2.40. The summed E-state index contributed by atoms with van der Waals surface area (Å²) >= 11 is 0. The second-order valence-electron chi connectivity index (χ2n) is 4.41. The molecule has 0 bridgehead atoms. The van der Waals surface area contributed by atoms with E-state index in [1.54, 1.807) is 0 Å². The molecule has 0 saturated heterocycles. The van der Waals surface area contributed by atoms with Crippen molar-refractivity contribution in [3.63, 3.8) is 0 Å². The van der Waals surface area contributed by atoms with Crippen molar-refractivity contribution in [2.45, 2.75) is 54.4 Å². The Morgan fingerprint density at radius 3 is 2.08 bits per heavy atom. The van der Waals surface area contributed by atoms with E-state index in [9.17, 15) is 0 Å². The molecule has 0 aliphatic rings. The maximum Gasteiger partial charge on any atom is -0.0297 e. The zero-order valence-corrected chi connectivity index (χ0v) is 10.1. The monoisotopic (exact) mass is 180 g/mol. The van der Waals surface area contributed by atoms with Crippen LogP contribution in [0.1, 0.15) is 54.4 Å². The molecule has 0 heteroatoms. The van der Waals surface area contributed by atoms with Gasteiger partial charge in [-0.1, -0.05) is 43.6 Å². The van der Waals surface area contributed by atoms with Crippen LogP contribution in [-0.4, -0.2) is 0 Å². The van der Waals surface area contributed by atoms with Gasteiger partial charge in [0.15, 0.2) is 0 Å². The highest BCUT2D eigenvalue weighted by Gasteiger charge is 1.97. The molecule has 0 radical (unpaired) electrons. The highest BCUT2D eigenvalue weighted by Crippen LogP contribution is 2.15. The molecule has 0 rings (SSSR count). The van der Waals surface area contributed by atoms with E-state index < -0.39 is 0 Å². The normalized spacial score (nSPS) is 14.8. The number of hydrogen-bond acceptors (Lipinski definition) is 0. The molecule has 0 fully saturated rings. The van der Waals surface area contributed by atoms with Crippen LogP contribution in [0.2, 0.25) is 0 Å². The molecule has 0 unspecified atom stereocenters. The Balaban J connectivity index is 4.38. The third-order valence-electron chi connectivity index (χ3n) is 2.40. The molecule has 0 amide bonds. The fourth-order valence-electron chi connectivity index (χ4n) is 1.47. The zero-order chi connectivity index (χ0) is 10.4. The summed E-state index contributed by atoms with van der Waals surface area (Å²) in [5, 5.41) is 0. The lowest BCUT2D eigenvalue weighted by Gasteiger charge is -2.06. The molecule has 0 N–H and O–H groups in total. The first-order valence-electron chi connectivity index (χ1n) is 5.30. The van der Waals surface area contributed by atoms with E-state index in [-0.39, 0.29) is 0 Å². The van der Waals surface area contributed by atoms with Crippen LogP contribution in [0.5, 0.6) is 0 Å². The van der Waals surface area contributed by atoms with Crippen LogP contribution in [0.15, 0.2) is 22.8 Å². The zero-order valence-electron chi connectivity index (χ0n) is 10.1. The Hall–Kier alpha value is -0.520. The highest BCUT2D eigenvalue weighted by molar-refractivity contribution is 5.25. The van der Waals surface area contributed by atoms with Crippen molar-refractivity contribution in [2.75, 3.05) is 0 Å². The fourth-order valence-corrected chi connectivity index (χ4v) is 1.47. The van der Waals surface area contributed by atoms with Gasteiger partial charge in [0.25, 0.3) is 0 Å². The topological polar surface area (TPSA) is 0 Å². The average molecular weight is 180 g/mol. The van der Waals surface area contributed by atoms with Crippen LogP contribution in [-0.2, 0) is 0 Å². The predicted octanol–water partition coefficient (Wildman–Crippen LogP) is 4.73. The molecule has 0 aromatic heterocycles. The van der Waals surface area contributed by atoms with Gasteiger partial charge in [-0.25, -0.2) is 0 Å². The predicted molar refractivity (Wildman–Crippen MR) is 61.9 cm³/mol. The first-order valence-corrected chi connectivity index (χ1v) is 5.30. The van der Waals surface area contributed by atoms with Crippen molar-refractivity contribution in [2.24, 2.45) is 5.92 Å². The van der Waals surface area contributed by atoms with Gasteiger partial charge in [-0.3, -0.25) is 0 Å².